The van der Waals surface area contributed by atoms with Crippen molar-refractivity contribution in [3.63, 3.8) is 0 Å². The van der Waals surface area contributed by atoms with E-state index in [4.69, 9.17) is 28.2 Å². The Morgan fingerprint density at radius 2 is 1.53 bits per heavy atom. The van der Waals surface area contributed by atoms with E-state index in [0.29, 0.717) is 5.02 Å². The third-order valence-electron chi connectivity index (χ3n) is 3.09. The molecule has 2 aromatic carbocycles. The number of rotatable bonds is 1. The highest BCUT2D eigenvalue weighted by molar-refractivity contribution is 6.31. The summed E-state index contributed by atoms with van der Waals surface area (Å²) in [6.07, 6.45) is 0. The quantitative estimate of drug-likeness (QED) is 0.574. The lowest BCUT2D eigenvalue weighted by Crippen LogP contribution is -1.90. The molecule has 0 aliphatic rings. The van der Waals surface area contributed by atoms with Crippen molar-refractivity contribution < 1.29 is 0 Å². The molecule has 0 bridgehead atoms. The molecular formula is C16H11Cl2N. The van der Waals surface area contributed by atoms with Gasteiger partial charge in [-0.2, -0.15) is 0 Å². The van der Waals surface area contributed by atoms with Crippen LogP contribution in [-0.2, 0) is 0 Å². The van der Waals surface area contributed by atoms with Crippen molar-refractivity contribution in [3.05, 3.63) is 64.1 Å². The summed E-state index contributed by atoms with van der Waals surface area (Å²) in [6.45, 7) is 2.06. The van der Waals surface area contributed by atoms with Gasteiger partial charge in [0.25, 0.3) is 0 Å². The molecule has 0 N–H and O–H groups in total. The Morgan fingerprint density at radius 1 is 0.842 bits per heavy atom. The van der Waals surface area contributed by atoms with Crippen molar-refractivity contribution in [3.8, 4) is 11.3 Å². The minimum absolute atomic E-state index is 0.700. The van der Waals surface area contributed by atoms with E-state index in [0.717, 1.165) is 32.7 Å². The Bertz CT molecular complexity index is 749. The standard InChI is InChI=1S/C16H11Cl2N/c1-10-8-12-4-7-14(18)9-15(12)19-16(10)11-2-5-13(17)6-3-11/h2-9H,1H3. The number of hydrogen-bond donors (Lipinski definition) is 0. The molecule has 3 aromatic rings. The van der Waals surface area contributed by atoms with Gasteiger partial charge in [-0.25, -0.2) is 4.98 Å². The maximum Gasteiger partial charge on any atom is 0.0738 e. The zero-order chi connectivity index (χ0) is 13.4. The molecule has 0 amide bonds. The smallest absolute Gasteiger partial charge is 0.0738 e. The average Bonchev–Trinajstić information content (AvgIpc) is 2.40. The highest BCUT2D eigenvalue weighted by Crippen LogP contribution is 2.27. The molecular weight excluding hydrogens is 277 g/mol. The van der Waals surface area contributed by atoms with Gasteiger partial charge in [-0.05, 0) is 42.8 Å². The molecule has 0 unspecified atom stereocenters. The fourth-order valence-electron chi connectivity index (χ4n) is 2.15. The number of nitrogens with zero attached hydrogens (tertiary/aromatic N) is 1. The highest BCUT2D eigenvalue weighted by Gasteiger charge is 2.06. The molecule has 0 spiro atoms. The van der Waals surface area contributed by atoms with Gasteiger partial charge in [-0.3, -0.25) is 0 Å². The summed E-state index contributed by atoms with van der Waals surface area (Å²) in [7, 11) is 0. The molecule has 3 heteroatoms. The fraction of sp³-hybridized carbons (Fsp3) is 0.0625. The van der Waals surface area contributed by atoms with Crippen molar-refractivity contribution in [1.82, 2.24) is 4.98 Å². The summed E-state index contributed by atoms with van der Waals surface area (Å²) in [5, 5.41) is 2.52. The summed E-state index contributed by atoms with van der Waals surface area (Å²) in [5.74, 6) is 0. The monoisotopic (exact) mass is 287 g/mol. The Hall–Kier alpha value is -1.57. The van der Waals surface area contributed by atoms with Gasteiger partial charge in [0.05, 0.1) is 11.2 Å². The molecule has 0 aliphatic carbocycles. The maximum atomic E-state index is 6.02. The number of fused-ring (bicyclic) bond motifs is 1. The molecule has 1 heterocycles. The Morgan fingerprint density at radius 3 is 2.26 bits per heavy atom. The van der Waals surface area contributed by atoms with Crippen LogP contribution < -0.4 is 0 Å². The summed E-state index contributed by atoms with van der Waals surface area (Å²) < 4.78 is 0. The first-order valence-corrected chi connectivity index (χ1v) is 6.72. The molecule has 0 atom stereocenters. The number of aromatic nitrogens is 1. The molecule has 94 valence electrons. The molecule has 1 aromatic heterocycles. The Kier molecular flexibility index (Phi) is 3.17. The zero-order valence-corrected chi connectivity index (χ0v) is 11.8. The maximum absolute atomic E-state index is 6.02. The van der Waals surface area contributed by atoms with E-state index in [1.165, 1.54) is 0 Å². The topological polar surface area (TPSA) is 12.9 Å². The lowest BCUT2D eigenvalue weighted by Gasteiger charge is -2.08. The predicted molar refractivity (Wildman–Crippen MR) is 81.9 cm³/mol. The Balaban J connectivity index is 2.23. The van der Waals surface area contributed by atoms with Gasteiger partial charge in [0.1, 0.15) is 0 Å². The second-order valence-electron chi connectivity index (χ2n) is 4.50. The molecule has 0 saturated carbocycles. The molecule has 3 rings (SSSR count). The number of halogens is 2. The molecule has 0 radical (unpaired) electrons. The number of aryl methyl sites for hydroxylation is 1. The summed E-state index contributed by atoms with van der Waals surface area (Å²) in [6, 6.07) is 15.6. The zero-order valence-electron chi connectivity index (χ0n) is 10.3. The van der Waals surface area contributed by atoms with Crippen molar-refractivity contribution in [1.29, 1.82) is 0 Å². The van der Waals surface area contributed by atoms with Gasteiger partial charge in [0.2, 0.25) is 0 Å². The van der Waals surface area contributed by atoms with Gasteiger partial charge in [0, 0.05) is 21.0 Å². The van der Waals surface area contributed by atoms with Gasteiger partial charge in [-0.15, -0.1) is 0 Å². The lowest BCUT2D eigenvalue weighted by atomic mass is 10.0. The van der Waals surface area contributed by atoms with Crippen molar-refractivity contribution >= 4 is 34.1 Å². The van der Waals surface area contributed by atoms with Crippen LogP contribution in [0, 0.1) is 6.92 Å². The van der Waals surface area contributed by atoms with E-state index < -0.39 is 0 Å². The first kappa shape index (κ1) is 12.5. The van der Waals surface area contributed by atoms with Crippen LogP contribution in [0.4, 0.5) is 0 Å². The van der Waals surface area contributed by atoms with E-state index in [9.17, 15) is 0 Å². The van der Waals surface area contributed by atoms with Crippen LogP contribution in [0.1, 0.15) is 5.56 Å². The predicted octanol–water partition coefficient (Wildman–Crippen LogP) is 5.52. The largest absolute Gasteiger partial charge is 0.247 e. The first-order valence-electron chi connectivity index (χ1n) is 5.96. The lowest BCUT2D eigenvalue weighted by molar-refractivity contribution is 1.33. The van der Waals surface area contributed by atoms with Crippen LogP contribution in [0.15, 0.2) is 48.5 Å². The van der Waals surface area contributed by atoms with Crippen LogP contribution in [0.25, 0.3) is 22.2 Å². The fourth-order valence-corrected chi connectivity index (χ4v) is 2.44. The van der Waals surface area contributed by atoms with Gasteiger partial charge in [-0.1, -0.05) is 41.4 Å². The number of pyridine rings is 1. The number of benzene rings is 2. The van der Waals surface area contributed by atoms with E-state index in [1.54, 1.807) is 0 Å². The van der Waals surface area contributed by atoms with E-state index in [-0.39, 0.29) is 0 Å². The van der Waals surface area contributed by atoms with Crippen molar-refractivity contribution in [2.45, 2.75) is 6.92 Å². The number of hydrogen-bond acceptors (Lipinski definition) is 1. The summed E-state index contributed by atoms with van der Waals surface area (Å²) in [5.41, 5.74) is 4.07. The van der Waals surface area contributed by atoms with Crippen molar-refractivity contribution in [2.75, 3.05) is 0 Å². The third-order valence-corrected chi connectivity index (χ3v) is 3.58. The summed E-state index contributed by atoms with van der Waals surface area (Å²) in [4.78, 5) is 4.71. The van der Waals surface area contributed by atoms with Crippen LogP contribution in [0.5, 0.6) is 0 Å². The molecule has 0 saturated heterocycles. The van der Waals surface area contributed by atoms with E-state index in [2.05, 4.69) is 13.0 Å². The van der Waals surface area contributed by atoms with Crippen molar-refractivity contribution in [2.24, 2.45) is 0 Å². The second kappa shape index (κ2) is 4.84. The molecule has 1 nitrogen and oxygen atoms in total. The van der Waals surface area contributed by atoms with Crippen LogP contribution in [-0.4, -0.2) is 4.98 Å². The third kappa shape index (κ3) is 2.44. The minimum Gasteiger partial charge on any atom is -0.247 e. The van der Waals surface area contributed by atoms with Crippen LogP contribution in [0.2, 0.25) is 10.0 Å². The van der Waals surface area contributed by atoms with E-state index in [1.807, 2.05) is 42.5 Å². The molecule has 19 heavy (non-hydrogen) atoms. The molecule has 0 aliphatic heterocycles. The normalized spacial score (nSPS) is 10.9. The highest BCUT2D eigenvalue weighted by atomic mass is 35.5. The summed E-state index contributed by atoms with van der Waals surface area (Å²) >= 11 is 11.9. The Labute approximate surface area is 121 Å². The average molecular weight is 288 g/mol. The van der Waals surface area contributed by atoms with Crippen LogP contribution >= 0.6 is 23.2 Å². The second-order valence-corrected chi connectivity index (χ2v) is 5.37. The van der Waals surface area contributed by atoms with E-state index >= 15 is 0 Å². The van der Waals surface area contributed by atoms with Crippen LogP contribution in [0.3, 0.4) is 0 Å². The van der Waals surface area contributed by atoms with Gasteiger partial charge in [0.15, 0.2) is 0 Å². The minimum atomic E-state index is 0.700. The SMILES string of the molecule is Cc1cc2ccc(Cl)cc2nc1-c1ccc(Cl)cc1. The van der Waals surface area contributed by atoms with Gasteiger partial charge >= 0.3 is 0 Å². The first-order chi connectivity index (χ1) is 9.13. The molecule has 0 fully saturated rings. The van der Waals surface area contributed by atoms with Gasteiger partial charge < -0.3 is 0 Å².